The number of halogens is 4. The van der Waals surface area contributed by atoms with Gasteiger partial charge in [-0.1, -0.05) is 0 Å². The van der Waals surface area contributed by atoms with Crippen LogP contribution in [-0.2, 0) is 0 Å². The van der Waals surface area contributed by atoms with Crippen molar-refractivity contribution in [1.29, 1.82) is 0 Å². The number of phenols is 1. The van der Waals surface area contributed by atoms with Crippen molar-refractivity contribution >= 4 is 34.0 Å². The highest BCUT2D eigenvalue weighted by atomic mass is 79.9. The van der Waals surface area contributed by atoms with Crippen LogP contribution in [-0.4, -0.2) is 16.5 Å². The number of non-ortho nitro benzene ring substituents is 1. The molecule has 0 amide bonds. The fourth-order valence-corrected chi connectivity index (χ4v) is 1.56. The molecule has 0 heterocycles. The number of alkyl halides is 2. The molecule has 5 nitrogen and oxygen atoms in total. The van der Waals surface area contributed by atoms with Crippen LogP contribution in [0.2, 0.25) is 0 Å². The Labute approximate surface area is 109 Å². The van der Waals surface area contributed by atoms with Gasteiger partial charge in [-0.05, 0) is 15.9 Å². The van der Waals surface area contributed by atoms with Gasteiger partial charge in [-0.3, -0.25) is 10.1 Å². The lowest BCUT2D eigenvalue weighted by Gasteiger charge is -2.13. The van der Waals surface area contributed by atoms with E-state index in [4.69, 9.17) is 5.73 Å². The molecule has 0 radical (unpaired) electrons. The number of nitrogens with two attached hydrogens (primary N) is 1. The van der Waals surface area contributed by atoms with Gasteiger partial charge < -0.3 is 10.8 Å². The van der Waals surface area contributed by atoms with E-state index < -0.39 is 28.8 Å². The Kier molecular flexibility index (Phi) is 5.73. The molecule has 0 saturated heterocycles. The van der Waals surface area contributed by atoms with Crippen molar-refractivity contribution in [2.24, 2.45) is 5.73 Å². The lowest BCUT2D eigenvalue weighted by molar-refractivity contribution is -0.385. The van der Waals surface area contributed by atoms with Crippen molar-refractivity contribution in [2.45, 2.75) is 12.5 Å². The third-order valence-corrected chi connectivity index (χ3v) is 2.52. The Balaban J connectivity index is 0.00000256. The SMILES string of the molecule is Cl.N[C@@H](c1cc([N+](=O)[O-])cc(Br)c1O)C(F)F. The first kappa shape index (κ1) is 16.0. The number of nitro benzene ring substituents is 1. The molecule has 0 aliphatic heterocycles. The minimum atomic E-state index is -2.92. The molecule has 0 bridgehead atoms. The Morgan fingerprint density at radius 1 is 1.47 bits per heavy atom. The topological polar surface area (TPSA) is 89.4 Å². The number of rotatable bonds is 3. The van der Waals surface area contributed by atoms with Crippen molar-refractivity contribution in [3.05, 3.63) is 32.3 Å². The van der Waals surface area contributed by atoms with Crippen molar-refractivity contribution in [3.8, 4) is 5.75 Å². The predicted molar refractivity (Wildman–Crippen MR) is 62.6 cm³/mol. The molecule has 1 aromatic carbocycles. The molecule has 17 heavy (non-hydrogen) atoms. The molecule has 1 aromatic rings. The van der Waals surface area contributed by atoms with Gasteiger partial charge in [0.1, 0.15) is 5.75 Å². The molecule has 0 aromatic heterocycles. The molecule has 0 aliphatic rings. The second kappa shape index (κ2) is 6.08. The van der Waals surface area contributed by atoms with Gasteiger partial charge in [0, 0.05) is 17.7 Å². The Morgan fingerprint density at radius 3 is 2.41 bits per heavy atom. The highest BCUT2D eigenvalue weighted by molar-refractivity contribution is 9.10. The van der Waals surface area contributed by atoms with E-state index in [9.17, 15) is 24.0 Å². The van der Waals surface area contributed by atoms with E-state index in [1.807, 2.05) is 0 Å². The smallest absolute Gasteiger partial charge is 0.271 e. The fraction of sp³-hybridized carbons (Fsp3) is 0.250. The summed E-state index contributed by atoms with van der Waals surface area (Å²) in [5.41, 5.74) is 4.34. The molecule has 0 saturated carbocycles. The van der Waals surface area contributed by atoms with Crippen LogP contribution < -0.4 is 5.73 Å². The van der Waals surface area contributed by atoms with E-state index in [1.54, 1.807) is 0 Å². The average Bonchev–Trinajstić information content (AvgIpc) is 2.20. The molecule has 1 rings (SSSR count). The van der Waals surface area contributed by atoms with E-state index in [1.165, 1.54) is 0 Å². The fourth-order valence-electron chi connectivity index (χ4n) is 1.10. The molecule has 9 heteroatoms. The third-order valence-electron chi connectivity index (χ3n) is 1.92. The van der Waals surface area contributed by atoms with E-state index in [2.05, 4.69) is 15.9 Å². The quantitative estimate of drug-likeness (QED) is 0.657. The number of nitrogens with zero attached hydrogens (tertiary/aromatic N) is 1. The normalized spacial score (nSPS) is 12.1. The monoisotopic (exact) mass is 332 g/mol. The van der Waals surface area contributed by atoms with Crippen LogP contribution >= 0.6 is 28.3 Å². The predicted octanol–water partition coefficient (Wildman–Crippen LogP) is 2.75. The largest absolute Gasteiger partial charge is 0.506 e. The van der Waals surface area contributed by atoms with Gasteiger partial charge in [-0.2, -0.15) is 0 Å². The summed E-state index contributed by atoms with van der Waals surface area (Å²) in [6.45, 7) is 0. The number of phenolic OH excluding ortho intramolecular Hbond substituents is 1. The molecular weight excluding hydrogens is 325 g/mol. The van der Waals surface area contributed by atoms with E-state index in [-0.39, 0.29) is 22.4 Å². The van der Waals surface area contributed by atoms with Gasteiger partial charge in [0.05, 0.1) is 15.4 Å². The standard InChI is InChI=1S/C8H7BrF2N2O3.ClH/c9-5-2-3(13(15)16)1-4(7(5)14)6(12)8(10)11;/h1-2,6,8,14H,12H2;1H/t6-;/m0./s1. The maximum atomic E-state index is 12.3. The van der Waals surface area contributed by atoms with Crippen molar-refractivity contribution in [2.75, 3.05) is 0 Å². The number of aromatic hydroxyl groups is 1. The highest BCUT2D eigenvalue weighted by Crippen LogP contribution is 2.36. The zero-order chi connectivity index (χ0) is 12.5. The van der Waals surface area contributed by atoms with Crippen LogP contribution in [0.3, 0.4) is 0 Å². The van der Waals surface area contributed by atoms with Gasteiger partial charge in [-0.15, -0.1) is 12.4 Å². The Morgan fingerprint density at radius 2 is 2.00 bits per heavy atom. The number of nitro groups is 1. The molecule has 1 atom stereocenters. The average molecular weight is 334 g/mol. The molecule has 3 N–H and O–H groups in total. The first-order valence-electron chi connectivity index (χ1n) is 4.05. The van der Waals surface area contributed by atoms with E-state index in [0.717, 1.165) is 12.1 Å². The molecule has 96 valence electrons. The highest BCUT2D eigenvalue weighted by Gasteiger charge is 2.25. The Hall–Kier alpha value is -0.990. The minimum absolute atomic E-state index is 0. The van der Waals surface area contributed by atoms with Gasteiger partial charge in [-0.25, -0.2) is 8.78 Å². The van der Waals surface area contributed by atoms with Gasteiger partial charge in [0.2, 0.25) is 0 Å². The lowest BCUT2D eigenvalue weighted by Crippen LogP contribution is -2.19. The maximum absolute atomic E-state index is 12.3. The van der Waals surface area contributed by atoms with Gasteiger partial charge in [0.25, 0.3) is 12.1 Å². The van der Waals surface area contributed by atoms with Crippen molar-refractivity contribution < 1.29 is 18.8 Å². The summed E-state index contributed by atoms with van der Waals surface area (Å²) in [6, 6.07) is 0.0738. The maximum Gasteiger partial charge on any atom is 0.271 e. The summed E-state index contributed by atoms with van der Waals surface area (Å²) in [5, 5.41) is 19.9. The van der Waals surface area contributed by atoms with Crippen LogP contribution in [0.25, 0.3) is 0 Å². The van der Waals surface area contributed by atoms with Gasteiger partial charge in [0.15, 0.2) is 0 Å². The first-order valence-corrected chi connectivity index (χ1v) is 4.84. The van der Waals surface area contributed by atoms with Crippen molar-refractivity contribution in [1.82, 2.24) is 0 Å². The number of hydrogen-bond acceptors (Lipinski definition) is 4. The Bertz CT molecular complexity index is 433. The number of benzene rings is 1. The summed E-state index contributed by atoms with van der Waals surface area (Å²) in [5.74, 6) is -0.515. The lowest BCUT2D eigenvalue weighted by atomic mass is 10.1. The zero-order valence-corrected chi connectivity index (χ0v) is 10.5. The summed E-state index contributed by atoms with van der Waals surface area (Å²) >= 11 is 2.83. The van der Waals surface area contributed by atoms with Crippen LogP contribution in [0.1, 0.15) is 11.6 Å². The molecule has 0 unspecified atom stereocenters. The van der Waals surface area contributed by atoms with Crippen LogP contribution in [0, 0.1) is 10.1 Å². The van der Waals surface area contributed by atoms with Gasteiger partial charge >= 0.3 is 0 Å². The zero-order valence-electron chi connectivity index (χ0n) is 8.14. The van der Waals surface area contributed by atoms with E-state index >= 15 is 0 Å². The molecular formula is C8H8BrClF2N2O3. The minimum Gasteiger partial charge on any atom is -0.506 e. The van der Waals surface area contributed by atoms with Crippen LogP contribution in [0.4, 0.5) is 14.5 Å². The van der Waals surface area contributed by atoms with E-state index in [0.29, 0.717) is 0 Å². The third kappa shape index (κ3) is 3.48. The van der Waals surface area contributed by atoms with Crippen LogP contribution in [0.15, 0.2) is 16.6 Å². The summed E-state index contributed by atoms with van der Waals surface area (Å²) in [6.07, 6.45) is -2.92. The van der Waals surface area contributed by atoms with Crippen molar-refractivity contribution in [3.63, 3.8) is 0 Å². The summed E-state index contributed by atoms with van der Waals surface area (Å²) < 4.78 is 24.6. The second-order valence-electron chi connectivity index (χ2n) is 2.98. The number of hydrogen-bond donors (Lipinski definition) is 2. The van der Waals surface area contributed by atoms with Crippen LogP contribution in [0.5, 0.6) is 5.75 Å². The summed E-state index contributed by atoms with van der Waals surface area (Å²) in [7, 11) is 0. The molecule has 0 fully saturated rings. The molecule has 0 aliphatic carbocycles. The second-order valence-corrected chi connectivity index (χ2v) is 3.84. The first-order chi connectivity index (χ1) is 7.34. The summed E-state index contributed by atoms with van der Waals surface area (Å²) in [4.78, 5) is 9.73. The molecule has 0 spiro atoms.